The molecule has 120 valence electrons. The Bertz CT molecular complexity index is 776. The van der Waals surface area contributed by atoms with Crippen LogP contribution in [0.5, 0.6) is 0 Å². The Hall–Kier alpha value is -2.71. The van der Waals surface area contributed by atoms with Gasteiger partial charge in [0.1, 0.15) is 5.69 Å². The second-order valence-corrected chi connectivity index (χ2v) is 5.22. The van der Waals surface area contributed by atoms with Crippen LogP contribution < -0.4 is 4.90 Å². The fourth-order valence-electron chi connectivity index (χ4n) is 2.88. The third kappa shape index (κ3) is 2.11. The van der Waals surface area contributed by atoms with Crippen molar-refractivity contribution in [3.63, 3.8) is 0 Å². The number of benzene rings is 1. The highest BCUT2D eigenvalue weighted by Crippen LogP contribution is 2.40. The number of carbonyl (C=O) groups is 2. The number of nitro groups is 1. The average Bonchev–Trinajstić information content (AvgIpc) is 2.72. The van der Waals surface area contributed by atoms with Gasteiger partial charge in [-0.3, -0.25) is 19.7 Å². The van der Waals surface area contributed by atoms with Crippen LogP contribution in [0.4, 0.5) is 24.5 Å². The average molecular weight is 326 g/mol. The predicted molar refractivity (Wildman–Crippen MR) is 71.0 cm³/mol. The van der Waals surface area contributed by atoms with E-state index < -0.39 is 45.6 Å². The van der Waals surface area contributed by atoms with Crippen molar-refractivity contribution in [1.82, 2.24) is 0 Å². The maximum absolute atomic E-state index is 14.2. The molecule has 0 bridgehead atoms. The predicted octanol–water partition coefficient (Wildman–Crippen LogP) is 2.76. The minimum absolute atomic E-state index is 0.0917. The molecule has 0 N–H and O–H groups in total. The van der Waals surface area contributed by atoms with Crippen molar-refractivity contribution in [3.8, 4) is 0 Å². The monoisotopic (exact) mass is 326 g/mol. The van der Waals surface area contributed by atoms with Gasteiger partial charge in [-0.2, -0.15) is 8.78 Å². The molecule has 1 aliphatic heterocycles. The first-order valence-corrected chi connectivity index (χ1v) is 6.77. The van der Waals surface area contributed by atoms with E-state index in [0.717, 1.165) is 0 Å². The maximum atomic E-state index is 14.2. The molecule has 2 aliphatic rings. The molecule has 9 heteroatoms. The number of halogens is 3. The van der Waals surface area contributed by atoms with Gasteiger partial charge in [0.25, 0.3) is 11.8 Å². The lowest BCUT2D eigenvalue weighted by Gasteiger charge is -2.16. The number of hydrogen-bond acceptors (Lipinski definition) is 4. The molecule has 1 aromatic carbocycles. The number of imide groups is 1. The van der Waals surface area contributed by atoms with Crippen LogP contribution in [0.1, 0.15) is 25.7 Å². The third-order valence-electron chi connectivity index (χ3n) is 3.92. The van der Waals surface area contributed by atoms with Gasteiger partial charge in [-0.05, 0) is 25.7 Å². The number of nitrogens with zero attached hydrogens (tertiary/aromatic N) is 2. The largest absolute Gasteiger partial charge is 0.342 e. The summed E-state index contributed by atoms with van der Waals surface area (Å²) in [6.07, 6.45) is 1.90. The maximum Gasteiger partial charge on any atom is 0.342 e. The number of anilines is 1. The minimum atomic E-state index is -1.88. The molecule has 1 aliphatic carbocycles. The second-order valence-electron chi connectivity index (χ2n) is 5.22. The summed E-state index contributed by atoms with van der Waals surface area (Å²) in [5.41, 5.74) is -2.49. The van der Waals surface area contributed by atoms with Crippen molar-refractivity contribution < 1.29 is 27.7 Å². The van der Waals surface area contributed by atoms with Crippen LogP contribution in [0.25, 0.3) is 0 Å². The van der Waals surface area contributed by atoms with Crippen molar-refractivity contribution in [2.24, 2.45) is 0 Å². The summed E-state index contributed by atoms with van der Waals surface area (Å²) >= 11 is 0. The molecule has 1 heterocycles. The summed E-state index contributed by atoms with van der Waals surface area (Å²) in [7, 11) is 0. The van der Waals surface area contributed by atoms with Crippen molar-refractivity contribution in [2.45, 2.75) is 25.7 Å². The molecule has 0 radical (unpaired) electrons. The van der Waals surface area contributed by atoms with Gasteiger partial charge in [0.05, 0.1) is 4.92 Å². The SMILES string of the molecule is O=C1C2=C(CCCC2)C(=O)N1c1c(F)cc(F)c([N+](=O)[O-])c1F. The standard InChI is InChI=1S/C14H9F3N2O4/c15-8-5-9(16)12(19(22)23)10(17)11(8)18-13(20)6-3-1-2-4-7(6)14(18)21/h5H,1-4H2. The molecule has 0 fully saturated rings. The molecular formula is C14H9F3N2O4. The number of carbonyl (C=O) groups excluding carboxylic acids is 2. The Morgan fingerprint density at radius 1 is 1.00 bits per heavy atom. The molecule has 6 nitrogen and oxygen atoms in total. The smallest absolute Gasteiger partial charge is 0.269 e. The Morgan fingerprint density at radius 3 is 2.00 bits per heavy atom. The summed E-state index contributed by atoms with van der Waals surface area (Å²) in [6.45, 7) is 0. The van der Waals surface area contributed by atoms with Crippen LogP contribution in [0.2, 0.25) is 0 Å². The summed E-state index contributed by atoms with van der Waals surface area (Å²) in [6, 6.07) is 0.0917. The molecule has 1 aromatic rings. The van der Waals surface area contributed by atoms with Gasteiger partial charge in [-0.15, -0.1) is 0 Å². The van der Waals surface area contributed by atoms with Crippen molar-refractivity contribution in [3.05, 3.63) is 44.8 Å². The number of rotatable bonds is 2. The van der Waals surface area contributed by atoms with Gasteiger partial charge < -0.3 is 0 Å². The molecule has 3 rings (SSSR count). The molecule has 23 heavy (non-hydrogen) atoms. The van der Waals surface area contributed by atoms with E-state index in [1.807, 2.05) is 0 Å². The van der Waals surface area contributed by atoms with Gasteiger partial charge in [0.2, 0.25) is 11.6 Å². The summed E-state index contributed by atoms with van der Waals surface area (Å²) in [5, 5.41) is 10.7. The minimum Gasteiger partial charge on any atom is -0.269 e. The van der Waals surface area contributed by atoms with Crippen LogP contribution in [-0.4, -0.2) is 16.7 Å². The molecule has 0 unspecified atom stereocenters. The zero-order valence-corrected chi connectivity index (χ0v) is 11.6. The molecule has 2 amide bonds. The lowest BCUT2D eigenvalue weighted by molar-refractivity contribution is -0.390. The van der Waals surface area contributed by atoms with Crippen molar-refractivity contribution >= 4 is 23.2 Å². The van der Waals surface area contributed by atoms with E-state index in [9.17, 15) is 32.9 Å². The van der Waals surface area contributed by atoms with Crippen LogP contribution in [0, 0.1) is 27.6 Å². The lowest BCUT2D eigenvalue weighted by Crippen LogP contribution is -2.33. The Morgan fingerprint density at radius 2 is 1.52 bits per heavy atom. The van der Waals surface area contributed by atoms with Gasteiger partial charge in [0.15, 0.2) is 5.82 Å². The van der Waals surface area contributed by atoms with Crippen LogP contribution in [0.15, 0.2) is 17.2 Å². The van der Waals surface area contributed by atoms with Gasteiger partial charge >= 0.3 is 5.69 Å². The fourth-order valence-corrected chi connectivity index (χ4v) is 2.88. The number of amides is 2. The first kappa shape index (κ1) is 15.2. The Kier molecular flexibility index (Phi) is 3.42. The van der Waals surface area contributed by atoms with Gasteiger partial charge in [-0.1, -0.05) is 0 Å². The summed E-state index contributed by atoms with van der Waals surface area (Å²) < 4.78 is 41.6. The van der Waals surface area contributed by atoms with E-state index in [1.54, 1.807) is 0 Å². The first-order valence-electron chi connectivity index (χ1n) is 6.77. The van der Waals surface area contributed by atoms with Crippen LogP contribution in [0.3, 0.4) is 0 Å². The summed E-state index contributed by atoms with van der Waals surface area (Å²) in [5.74, 6) is -6.97. The first-order chi connectivity index (χ1) is 10.8. The number of nitro benzene ring substituents is 1. The molecular weight excluding hydrogens is 317 g/mol. The van der Waals surface area contributed by atoms with E-state index in [2.05, 4.69) is 0 Å². The van der Waals surface area contributed by atoms with Crippen molar-refractivity contribution in [2.75, 3.05) is 4.90 Å². The van der Waals surface area contributed by atoms with E-state index in [1.165, 1.54) is 0 Å². The van der Waals surface area contributed by atoms with E-state index in [0.29, 0.717) is 25.7 Å². The highest BCUT2D eigenvalue weighted by molar-refractivity contribution is 6.33. The van der Waals surface area contributed by atoms with Crippen molar-refractivity contribution in [1.29, 1.82) is 0 Å². The third-order valence-corrected chi connectivity index (χ3v) is 3.92. The van der Waals surface area contributed by atoms with Gasteiger partial charge in [0, 0.05) is 17.2 Å². The lowest BCUT2D eigenvalue weighted by atomic mass is 9.93. The van der Waals surface area contributed by atoms with E-state index in [4.69, 9.17) is 0 Å². The molecule has 0 saturated carbocycles. The molecule has 0 aromatic heterocycles. The summed E-state index contributed by atoms with van der Waals surface area (Å²) in [4.78, 5) is 34.1. The topological polar surface area (TPSA) is 80.5 Å². The molecule has 0 atom stereocenters. The van der Waals surface area contributed by atoms with E-state index in [-0.39, 0.29) is 22.1 Å². The normalized spacial score (nSPS) is 17.8. The molecule has 0 spiro atoms. The fraction of sp³-hybridized carbons (Fsp3) is 0.286. The van der Waals surface area contributed by atoms with E-state index >= 15 is 0 Å². The zero-order chi connectivity index (χ0) is 16.9. The Balaban J connectivity index is 2.17. The number of hydrogen-bond donors (Lipinski definition) is 0. The highest BCUT2D eigenvalue weighted by atomic mass is 19.1. The van der Waals surface area contributed by atoms with Crippen LogP contribution in [-0.2, 0) is 9.59 Å². The highest BCUT2D eigenvalue weighted by Gasteiger charge is 2.44. The second kappa shape index (κ2) is 5.18. The quantitative estimate of drug-likeness (QED) is 0.475. The Labute approximate surface area is 127 Å². The van der Waals surface area contributed by atoms with Gasteiger partial charge in [-0.25, -0.2) is 9.29 Å². The zero-order valence-electron chi connectivity index (χ0n) is 11.6. The van der Waals surface area contributed by atoms with Crippen LogP contribution >= 0.6 is 0 Å². The molecule has 0 saturated heterocycles.